The minimum atomic E-state index is -3.75. The predicted octanol–water partition coefficient (Wildman–Crippen LogP) is 1.12. The number of hydrogen-bond donors (Lipinski definition) is 1. The number of aryl methyl sites for hydroxylation is 1. The zero-order valence-electron chi connectivity index (χ0n) is 11.2. The third kappa shape index (κ3) is 1.66. The van der Waals surface area contributed by atoms with Gasteiger partial charge >= 0.3 is 0 Å². The Morgan fingerprint density at radius 3 is 2.70 bits per heavy atom. The van der Waals surface area contributed by atoms with Gasteiger partial charge in [0.15, 0.2) is 0 Å². The van der Waals surface area contributed by atoms with Crippen molar-refractivity contribution < 1.29 is 13.5 Å². The summed E-state index contributed by atoms with van der Waals surface area (Å²) in [4.78, 5) is 0. The van der Waals surface area contributed by atoms with Crippen molar-refractivity contribution in [3.8, 4) is 0 Å². The van der Waals surface area contributed by atoms with Crippen LogP contribution in [0.15, 0.2) is 35.5 Å². The second-order valence-corrected chi connectivity index (χ2v) is 6.56. The quantitative estimate of drug-likeness (QED) is 0.855. The van der Waals surface area contributed by atoms with E-state index in [1.165, 1.54) is 16.0 Å². The Kier molecular flexibility index (Phi) is 2.84. The zero-order valence-corrected chi connectivity index (χ0v) is 12.0. The number of aromatic nitrogens is 2. The van der Waals surface area contributed by atoms with Crippen molar-refractivity contribution >= 4 is 15.7 Å². The average Bonchev–Trinajstić information content (AvgIpc) is 2.88. The summed E-state index contributed by atoms with van der Waals surface area (Å²) in [6.07, 6.45) is 0.592. The molecule has 0 bridgehead atoms. The van der Waals surface area contributed by atoms with Crippen LogP contribution in [0, 0.1) is 0 Å². The Bertz CT molecular complexity index is 767. The molecule has 0 radical (unpaired) electrons. The largest absolute Gasteiger partial charge is 0.383 e. The summed E-state index contributed by atoms with van der Waals surface area (Å²) < 4.78 is 27.9. The zero-order chi connectivity index (χ0) is 14.5. The molecule has 20 heavy (non-hydrogen) atoms. The first-order valence-corrected chi connectivity index (χ1v) is 7.74. The molecule has 7 heteroatoms. The molecular formula is C13H15N3O3S. The summed E-state index contributed by atoms with van der Waals surface area (Å²) in [5.41, 5.74) is 1.36. The standard InChI is InChI=1S/C13H15N3O3S/c1-3-16-8-10-12(17)9-6-4-5-7-11(9)15(2)20(18,19)13(10)14-16/h4-8,12,17H,3H2,1-2H3. The van der Waals surface area contributed by atoms with Crippen LogP contribution in [0.4, 0.5) is 5.69 Å². The monoisotopic (exact) mass is 293 g/mol. The fourth-order valence-electron chi connectivity index (χ4n) is 2.40. The smallest absolute Gasteiger partial charge is 0.283 e. The van der Waals surface area contributed by atoms with Crippen molar-refractivity contribution in [2.24, 2.45) is 0 Å². The van der Waals surface area contributed by atoms with Crippen LogP contribution in [0.1, 0.15) is 24.2 Å². The van der Waals surface area contributed by atoms with Crippen LogP contribution in [0.5, 0.6) is 0 Å². The lowest BCUT2D eigenvalue weighted by Crippen LogP contribution is -2.27. The Balaban J connectivity index is 2.35. The average molecular weight is 293 g/mol. The number of aliphatic hydroxyl groups is 1. The third-order valence-corrected chi connectivity index (χ3v) is 5.27. The van der Waals surface area contributed by atoms with Crippen molar-refractivity contribution in [3.63, 3.8) is 0 Å². The molecule has 2 heterocycles. The molecule has 0 aliphatic carbocycles. The molecule has 3 rings (SSSR count). The van der Waals surface area contributed by atoms with Gasteiger partial charge in [-0.2, -0.15) is 13.5 Å². The maximum absolute atomic E-state index is 12.6. The molecule has 1 unspecified atom stereocenters. The van der Waals surface area contributed by atoms with Gasteiger partial charge < -0.3 is 5.11 Å². The summed E-state index contributed by atoms with van der Waals surface area (Å²) in [6, 6.07) is 6.92. The summed E-state index contributed by atoms with van der Waals surface area (Å²) in [5, 5.41) is 14.5. The normalized spacial score (nSPS) is 20.1. The first-order chi connectivity index (χ1) is 9.46. The highest BCUT2D eigenvalue weighted by atomic mass is 32.2. The summed E-state index contributed by atoms with van der Waals surface area (Å²) in [7, 11) is -2.28. The maximum Gasteiger partial charge on any atom is 0.283 e. The van der Waals surface area contributed by atoms with Crippen molar-refractivity contribution in [1.29, 1.82) is 0 Å². The fourth-order valence-corrected chi connectivity index (χ4v) is 3.76. The van der Waals surface area contributed by atoms with Crippen LogP contribution >= 0.6 is 0 Å². The molecule has 6 nitrogen and oxygen atoms in total. The molecular weight excluding hydrogens is 278 g/mol. The minimum absolute atomic E-state index is 0.0782. The number of benzene rings is 1. The number of sulfonamides is 1. The van der Waals surface area contributed by atoms with Crippen molar-refractivity contribution in [2.45, 2.75) is 24.6 Å². The molecule has 0 amide bonds. The van der Waals surface area contributed by atoms with Gasteiger partial charge in [0.25, 0.3) is 10.0 Å². The summed E-state index contributed by atoms with van der Waals surface area (Å²) >= 11 is 0. The Morgan fingerprint density at radius 1 is 1.30 bits per heavy atom. The molecule has 0 saturated heterocycles. The number of anilines is 1. The SMILES string of the molecule is CCn1cc2c(n1)S(=O)(=O)N(C)c1ccccc1C2O. The van der Waals surface area contributed by atoms with Crippen molar-refractivity contribution in [3.05, 3.63) is 41.6 Å². The van der Waals surface area contributed by atoms with Crippen molar-refractivity contribution in [1.82, 2.24) is 9.78 Å². The van der Waals surface area contributed by atoms with Crippen LogP contribution in [0.2, 0.25) is 0 Å². The maximum atomic E-state index is 12.6. The Labute approximate surface area is 117 Å². The van der Waals surface area contributed by atoms with E-state index < -0.39 is 16.1 Å². The molecule has 0 spiro atoms. The van der Waals surface area contributed by atoms with Gasteiger partial charge in [-0.1, -0.05) is 18.2 Å². The van der Waals surface area contributed by atoms with Gasteiger partial charge in [0, 0.05) is 30.9 Å². The number of rotatable bonds is 1. The fraction of sp³-hybridized carbons (Fsp3) is 0.308. The molecule has 2 aromatic rings. The topological polar surface area (TPSA) is 75.4 Å². The van der Waals surface area contributed by atoms with E-state index in [4.69, 9.17) is 0 Å². The first-order valence-electron chi connectivity index (χ1n) is 6.30. The molecule has 106 valence electrons. The molecule has 1 aliphatic heterocycles. The van der Waals surface area contributed by atoms with E-state index in [1.807, 2.05) is 6.92 Å². The molecule has 1 aromatic carbocycles. The van der Waals surface area contributed by atoms with E-state index >= 15 is 0 Å². The highest BCUT2D eigenvalue weighted by Crippen LogP contribution is 2.39. The van der Waals surface area contributed by atoms with Crippen LogP contribution in [-0.2, 0) is 16.6 Å². The number of nitrogens with zero attached hydrogens (tertiary/aromatic N) is 3. The van der Waals surface area contributed by atoms with E-state index in [0.717, 1.165) is 0 Å². The van der Waals surface area contributed by atoms with E-state index in [0.29, 0.717) is 23.4 Å². The van der Waals surface area contributed by atoms with Gasteiger partial charge in [0.2, 0.25) is 5.03 Å². The predicted molar refractivity (Wildman–Crippen MR) is 74.0 cm³/mol. The lowest BCUT2D eigenvalue weighted by Gasteiger charge is -2.19. The minimum Gasteiger partial charge on any atom is -0.383 e. The number of aliphatic hydroxyl groups excluding tert-OH is 1. The highest BCUT2D eigenvalue weighted by molar-refractivity contribution is 7.92. The molecule has 0 fully saturated rings. The number of para-hydroxylation sites is 1. The van der Waals surface area contributed by atoms with Gasteiger partial charge in [0.05, 0.1) is 5.69 Å². The summed E-state index contributed by atoms with van der Waals surface area (Å²) in [5.74, 6) is 0. The number of fused-ring (bicyclic) bond motifs is 2. The van der Waals surface area contributed by atoms with E-state index in [1.54, 1.807) is 30.5 Å². The van der Waals surface area contributed by atoms with Crippen LogP contribution in [-0.4, -0.2) is 30.4 Å². The van der Waals surface area contributed by atoms with Gasteiger partial charge in [-0.15, -0.1) is 0 Å². The van der Waals surface area contributed by atoms with E-state index in [9.17, 15) is 13.5 Å². The van der Waals surface area contributed by atoms with Crippen molar-refractivity contribution in [2.75, 3.05) is 11.4 Å². The molecule has 1 aliphatic rings. The van der Waals surface area contributed by atoms with E-state index in [-0.39, 0.29) is 5.03 Å². The van der Waals surface area contributed by atoms with Gasteiger partial charge in [0.1, 0.15) is 6.10 Å². The summed E-state index contributed by atoms with van der Waals surface area (Å²) in [6.45, 7) is 2.41. The van der Waals surface area contributed by atoms with Gasteiger partial charge in [-0.25, -0.2) is 0 Å². The molecule has 1 N–H and O–H groups in total. The lowest BCUT2D eigenvalue weighted by molar-refractivity contribution is 0.218. The highest BCUT2D eigenvalue weighted by Gasteiger charge is 2.36. The molecule has 0 saturated carbocycles. The molecule has 1 aromatic heterocycles. The van der Waals surface area contributed by atoms with Crippen LogP contribution in [0.25, 0.3) is 0 Å². The van der Waals surface area contributed by atoms with Crippen LogP contribution < -0.4 is 4.31 Å². The van der Waals surface area contributed by atoms with E-state index in [2.05, 4.69) is 5.10 Å². The lowest BCUT2D eigenvalue weighted by atomic mass is 10.0. The Hall–Kier alpha value is -1.86. The third-order valence-electron chi connectivity index (χ3n) is 3.55. The van der Waals surface area contributed by atoms with Gasteiger partial charge in [-0.05, 0) is 13.0 Å². The second-order valence-electron chi connectivity index (χ2n) is 4.68. The number of hydrogen-bond acceptors (Lipinski definition) is 4. The van der Waals surface area contributed by atoms with Crippen LogP contribution in [0.3, 0.4) is 0 Å². The second kappa shape index (κ2) is 4.32. The Morgan fingerprint density at radius 2 is 2.00 bits per heavy atom. The molecule has 1 atom stereocenters. The first kappa shape index (κ1) is 13.1. The van der Waals surface area contributed by atoms with Gasteiger partial charge in [-0.3, -0.25) is 8.99 Å².